The Kier molecular flexibility index (Phi) is 7.51. The van der Waals surface area contributed by atoms with Crippen LogP contribution in [0.4, 0.5) is 0 Å². The maximum absolute atomic E-state index is 5.71. The summed E-state index contributed by atoms with van der Waals surface area (Å²) < 4.78 is 5.71. The SMILES string of the molecule is CCN(CC)CCCCCOc1ccc(C)cc1. The molecule has 1 aromatic carbocycles. The molecule has 0 heterocycles. The lowest BCUT2D eigenvalue weighted by Gasteiger charge is -2.17. The van der Waals surface area contributed by atoms with Crippen molar-refractivity contribution in [1.82, 2.24) is 4.90 Å². The van der Waals surface area contributed by atoms with Crippen molar-refractivity contribution >= 4 is 0 Å². The van der Waals surface area contributed by atoms with Crippen LogP contribution in [0.5, 0.6) is 5.75 Å². The largest absolute Gasteiger partial charge is 0.494 e. The summed E-state index contributed by atoms with van der Waals surface area (Å²) in [5.41, 5.74) is 1.28. The van der Waals surface area contributed by atoms with E-state index in [4.69, 9.17) is 4.74 Å². The first kappa shape index (κ1) is 15.0. The van der Waals surface area contributed by atoms with Crippen molar-refractivity contribution < 1.29 is 4.74 Å². The second-order valence-electron chi connectivity index (χ2n) is 4.75. The molecule has 0 unspecified atom stereocenters. The molecule has 1 rings (SSSR count). The van der Waals surface area contributed by atoms with Crippen LogP contribution < -0.4 is 4.74 Å². The highest BCUT2D eigenvalue weighted by atomic mass is 16.5. The van der Waals surface area contributed by atoms with Gasteiger partial charge in [-0.25, -0.2) is 0 Å². The van der Waals surface area contributed by atoms with Gasteiger partial charge in [-0.2, -0.15) is 0 Å². The zero-order valence-electron chi connectivity index (χ0n) is 12.1. The summed E-state index contributed by atoms with van der Waals surface area (Å²) in [6.45, 7) is 10.9. The number of rotatable bonds is 9. The maximum atomic E-state index is 5.71. The Hall–Kier alpha value is -1.02. The molecule has 102 valence electrons. The van der Waals surface area contributed by atoms with E-state index in [9.17, 15) is 0 Å². The summed E-state index contributed by atoms with van der Waals surface area (Å²) in [5, 5.41) is 0. The molecule has 0 aliphatic heterocycles. The number of hydrogen-bond donors (Lipinski definition) is 0. The van der Waals surface area contributed by atoms with E-state index in [0.717, 1.165) is 31.9 Å². The quantitative estimate of drug-likeness (QED) is 0.616. The molecule has 0 aliphatic carbocycles. The molecule has 0 saturated carbocycles. The van der Waals surface area contributed by atoms with E-state index < -0.39 is 0 Å². The summed E-state index contributed by atoms with van der Waals surface area (Å²) >= 11 is 0. The van der Waals surface area contributed by atoms with Crippen LogP contribution in [0.25, 0.3) is 0 Å². The van der Waals surface area contributed by atoms with Crippen LogP contribution in [0.2, 0.25) is 0 Å². The van der Waals surface area contributed by atoms with Crippen molar-refractivity contribution in [2.24, 2.45) is 0 Å². The molecular weight excluding hydrogens is 222 g/mol. The van der Waals surface area contributed by atoms with Gasteiger partial charge in [0.05, 0.1) is 6.61 Å². The topological polar surface area (TPSA) is 12.5 Å². The summed E-state index contributed by atoms with van der Waals surface area (Å²) in [6, 6.07) is 8.28. The third kappa shape index (κ3) is 6.06. The number of ether oxygens (including phenoxy) is 1. The van der Waals surface area contributed by atoms with E-state index in [2.05, 4.69) is 37.8 Å². The van der Waals surface area contributed by atoms with Gasteiger partial charge in [-0.15, -0.1) is 0 Å². The minimum atomic E-state index is 0.835. The van der Waals surface area contributed by atoms with Gasteiger partial charge in [-0.1, -0.05) is 31.5 Å². The Labute approximate surface area is 112 Å². The highest BCUT2D eigenvalue weighted by Crippen LogP contribution is 2.12. The smallest absolute Gasteiger partial charge is 0.119 e. The molecular formula is C16H27NO. The third-order valence-electron chi connectivity index (χ3n) is 3.30. The van der Waals surface area contributed by atoms with E-state index in [1.165, 1.54) is 24.9 Å². The van der Waals surface area contributed by atoms with Crippen LogP contribution >= 0.6 is 0 Å². The second kappa shape index (κ2) is 8.98. The number of aryl methyl sites for hydroxylation is 1. The predicted molar refractivity (Wildman–Crippen MR) is 78.3 cm³/mol. The average molecular weight is 249 g/mol. The molecule has 18 heavy (non-hydrogen) atoms. The van der Waals surface area contributed by atoms with Gasteiger partial charge in [0.2, 0.25) is 0 Å². The minimum Gasteiger partial charge on any atom is -0.494 e. The second-order valence-corrected chi connectivity index (χ2v) is 4.75. The molecule has 2 nitrogen and oxygen atoms in total. The first-order valence-corrected chi connectivity index (χ1v) is 7.18. The van der Waals surface area contributed by atoms with E-state index in [0.29, 0.717) is 0 Å². The first-order chi connectivity index (χ1) is 8.76. The van der Waals surface area contributed by atoms with Crippen molar-refractivity contribution in [3.05, 3.63) is 29.8 Å². The molecule has 0 N–H and O–H groups in total. The highest BCUT2D eigenvalue weighted by molar-refractivity contribution is 5.26. The lowest BCUT2D eigenvalue weighted by molar-refractivity contribution is 0.277. The van der Waals surface area contributed by atoms with Gasteiger partial charge in [-0.3, -0.25) is 0 Å². The Morgan fingerprint density at radius 3 is 2.22 bits per heavy atom. The summed E-state index contributed by atoms with van der Waals surface area (Å²) in [4.78, 5) is 2.47. The number of nitrogens with zero attached hydrogens (tertiary/aromatic N) is 1. The molecule has 2 heteroatoms. The lowest BCUT2D eigenvalue weighted by Crippen LogP contribution is -2.23. The van der Waals surface area contributed by atoms with Gasteiger partial charge < -0.3 is 9.64 Å². The first-order valence-electron chi connectivity index (χ1n) is 7.18. The predicted octanol–water partition coefficient (Wildman–Crippen LogP) is 3.89. The van der Waals surface area contributed by atoms with Crippen LogP contribution in [-0.4, -0.2) is 31.1 Å². The van der Waals surface area contributed by atoms with Gasteiger partial charge in [0, 0.05) is 0 Å². The minimum absolute atomic E-state index is 0.835. The summed E-state index contributed by atoms with van der Waals surface area (Å²) in [5.74, 6) is 0.990. The number of hydrogen-bond acceptors (Lipinski definition) is 2. The number of unbranched alkanes of at least 4 members (excludes halogenated alkanes) is 2. The van der Waals surface area contributed by atoms with Gasteiger partial charge in [0.1, 0.15) is 5.75 Å². The Bertz CT molecular complexity index is 303. The third-order valence-corrected chi connectivity index (χ3v) is 3.30. The molecule has 0 spiro atoms. The summed E-state index contributed by atoms with van der Waals surface area (Å²) in [7, 11) is 0. The Morgan fingerprint density at radius 2 is 1.61 bits per heavy atom. The van der Waals surface area contributed by atoms with Gasteiger partial charge >= 0.3 is 0 Å². The standard InChI is InChI=1S/C16H27NO/c1-4-17(5-2)13-7-6-8-14-18-16-11-9-15(3)10-12-16/h9-12H,4-8,13-14H2,1-3H3. The molecule has 0 radical (unpaired) electrons. The zero-order chi connectivity index (χ0) is 13.2. The van der Waals surface area contributed by atoms with Gasteiger partial charge in [0.25, 0.3) is 0 Å². The van der Waals surface area contributed by atoms with Crippen molar-refractivity contribution in [3.8, 4) is 5.75 Å². The van der Waals surface area contributed by atoms with Crippen LogP contribution in [0.15, 0.2) is 24.3 Å². The van der Waals surface area contributed by atoms with Gasteiger partial charge in [-0.05, 0) is 58.0 Å². The van der Waals surface area contributed by atoms with Crippen molar-refractivity contribution in [3.63, 3.8) is 0 Å². The van der Waals surface area contributed by atoms with Crippen LogP contribution in [0.1, 0.15) is 38.7 Å². The Morgan fingerprint density at radius 1 is 0.944 bits per heavy atom. The van der Waals surface area contributed by atoms with E-state index in [1.54, 1.807) is 0 Å². The van der Waals surface area contributed by atoms with E-state index >= 15 is 0 Å². The molecule has 0 aromatic heterocycles. The molecule has 0 amide bonds. The molecule has 0 aliphatic rings. The number of benzene rings is 1. The molecule has 0 atom stereocenters. The molecule has 0 saturated heterocycles. The van der Waals surface area contributed by atoms with Crippen molar-refractivity contribution in [2.45, 2.75) is 40.0 Å². The van der Waals surface area contributed by atoms with Crippen LogP contribution in [-0.2, 0) is 0 Å². The molecule has 0 fully saturated rings. The fraction of sp³-hybridized carbons (Fsp3) is 0.625. The summed E-state index contributed by atoms with van der Waals surface area (Å²) in [6.07, 6.45) is 3.68. The average Bonchev–Trinajstić information content (AvgIpc) is 2.40. The van der Waals surface area contributed by atoms with Gasteiger partial charge in [0.15, 0.2) is 0 Å². The van der Waals surface area contributed by atoms with Crippen molar-refractivity contribution in [2.75, 3.05) is 26.2 Å². The maximum Gasteiger partial charge on any atom is 0.119 e. The molecule has 0 bridgehead atoms. The highest BCUT2D eigenvalue weighted by Gasteiger charge is 1.98. The van der Waals surface area contributed by atoms with E-state index in [1.807, 2.05) is 12.1 Å². The Balaban J connectivity index is 2.03. The molecule has 1 aromatic rings. The zero-order valence-corrected chi connectivity index (χ0v) is 12.1. The fourth-order valence-electron chi connectivity index (χ4n) is 1.98. The normalized spacial score (nSPS) is 10.9. The van der Waals surface area contributed by atoms with Crippen molar-refractivity contribution in [1.29, 1.82) is 0 Å². The van der Waals surface area contributed by atoms with Crippen LogP contribution in [0.3, 0.4) is 0 Å². The van der Waals surface area contributed by atoms with E-state index in [-0.39, 0.29) is 0 Å². The van der Waals surface area contributed by atoms with Crippen LogP contribution in [0, 0.1) is 6.92 Å². The fourth-order valence-corrected chi connectivity index (χ4v) is 1.98. The monoisotopic (exact) mass is 249 g/mol. The lowest BCUT2D eigenvalue weighted by atomic mass is 10.2.